The maximum atomic E-state index is 8.63. The van der Waals surface area contributed by atoms with Crippen LogP contribution in [-0.2, 0) is 0 Å². The minimum absolute atomic E-state index is 0.346. The number of rotatable bonds is 7. The van der Waals surface area contributed by atoms with E-state index in [2.05, 4.69) is 24.2 Å². The minimum Gasteiger partial charge on any atom is -0.396 e. The van der Waals surface area contributed by atoms with Crippen molar-refractivity contribution in [1.29, 1.82) is 0 Å². The topological polar surface area (TPSA) is 35.5 Å². The third-order valence-corrected chi connectivity index (χ3v) is 3.40. The summed E-state index contributed by atoms with van der Waals surface area (Å²) in [5.74, 6) is 0. The van der Waals surface area contributed by atoms with Gasteiger partial charge in [-0.05, 0) is 39.8 Å². The molecule has 1 aliphatic heterocycles. The Labute approximate surface area is 93.9 Å². The van der Waals surface area contributed by atoms with Gasteiger partial charge in [0.05, 0.1) is 0 Å². The molecule has 90 valence electrons. The van der Waals surface area contributed by atoms with E-state index in [1.165, 1.54) is 32.2 Å². The van der Waals surface area contributed by atoms with Crippen molar-refractivity contribution in [3.8, 4) is 0 Å². The van der Waals surface area contributed by atoms with Crippen molar-refractivity contribution in [1.82, 2.24) is 10.2 Å². The second kappa shape index (κ2) is 7.20. The summed E-state index contributed by atoms with van der Waals surface area (Å²) in [6, 6.07) is 1.43. The highest BCUT2D eigenvalue weighted by Gasteiger charge is 2.24. The molecule has 2 N–H and O–H groups in total. The van der Waals surface area contributed by atoms with Gasteiger partial charge in [0.25, 0.3) is 0 Å². The van der Waals surface area contributed by atoms with Crippen LogP contribution in [0.25, 0.3) is 0 Å². The van der Waals surface area contributed by atoms with E-state index in [4.69, 9.17) is 5.11 Å². The second-order valence-electron chi connectivity index (χ2n) is 4.81. The van der Waals surface area contributed by atoms with Gasteiger partial charge in [0.1, 0.15) is 0 Å². The molecular formula is C12H26N2O. The van der Waals surface area contributed by atoms with Crippen LogP contribution in [0.4, 0.5) is 0 Å². The molecule has 2 atom stereocenters. The van der Waals surface area contributed by atoms with Crippen LogP contribution in [-0.4, -0.2) is 48.8 Å². The Morgan fingerprint density at radius 2 is 2.00 bits per heavy atom. The standard InChI is InChI=1S/C12H26N2O/c1-11-9-12(10-14(11)2)13-7-5-3-4-6-8-15/h11-13,15H,3-10H2,1-2H3. The lowest BCUT2D eigenvalue weighted by Gasteiger charge is -2.13. The van der Waals surface area contributed by atoms with Crippen LogP contribution in [0.15, 0.2) is 0 Å². The van der Waals surface area contributed by atoms with Crippen LogP contribution in [0.2, 0.25) is 0 Å². The first kappa shape index (κ1) is 12.9. The summed E-state index contributed by atoms with van der Waals surface area (Å²) in [4.78, 5) is 2.42. The van der Waals surface area contributed by atoms with Crippen molar-refractivity contribution < 1.29 is 5.11 Å². The molecule has 0 aliphatic carbocycles. The van der Waals surface area contributed by atoms with Gasteiger partial charge in [-0.2, -0.15) is 0 Å². The molecule has 1 aliphatic rings. The maximum Gasteiger partial charge on any atom is 0.0431 e. The third kappa shape index (κ3) is 4.96. The van der Waals surface area contributed by atoms with Crippen LogP contribution in [0, 0.1) is 0 Å². The largest absolute Gasteiger partial charge is 0.396 e. The van der Waals surface area contributed by atoms with E-state index < -0.39 is 0 Å². The molecule has 0 amide bonds. The van der Waals surface area contributed by atoms with Crippen LogP contribution in [0.5, 0.6) is 0 Å². The first-order valence-corrected chi connectivity index (χ1v) is 6.28. The Morgan fingerprint density at radius 3 is 2.60 bits per heavy atom. The normalized spacial score (nSPS) is 27.4. The number of hydrogen-bond acceptors (Lipinski definition) is 3. The van der Waals surface area contributed by atoms with Gasteiger partial charge in [0.15, 0.2) is 0 Å². The molecule has 0 saturated carbocycles. The average Bonchev–Trinajstić information content (AvgIpc) is 2.52. The number of nitrogens with zero attached hydrogens (tertiary/aromatic N) is 1. The van der Waals surface area contributed by atoms with Crippen molar-refractivity contribution in [2.45, 2.75) is 51.1 Å². The van der Waals surface area contributed by atoms with Gasteiger partial charge in [-0.3, -0.25) is 0 Å². The van der Waals surface area contributed by atoms with Gasteiger partial charge < -0.3 is 15.3 Å². The molecule has 0 aromatic rings. The highest BCUT2D eigenvalue weighted by molar-refractivity contribution is 4.84. The number of aliphatic hydroxyl groups excluding tert-OH is 1. The molecule has 0 aromatic heterocycles. The number of aliphatic hydroxyl groups is 1. The molecule has 1 fully saturated rings. The highest BCUT2D eigenvalue weighted by Crippen LogP contribution is 2.14. The lowest BCUT2D eigenvalue weighted by atomic mass is 10.1. The second-order valence-corrected chi connectivity index (χ2v) is 4.81. The molecule has 0 aromatic carbocycles. The third-order valence-electron chi connectivity index (χ3n) is 3.40. The van der Waals surface area contributed by atoms with Crippen LogP contribution in [0.1, 0.15) is 39.0 Å². The zero-order valence-corrected chi connectivity index (χ0v) is 10.2. The summed E-state index contributed by atoms with van der Waals surface area (Å²) in [5.41, 5.74) is 0. The minimum atomic E-state index is 0.346. The predicted molar refractivity (Wildman–Crippen MR) is 64.1 cm³/mol. The van der Waals surface area contributed by atoms with Crippen LogP contribution >= 0.6 is 0 Å². The smallest absolute Gasteiger partial charge is 0.0431 e. The van der Waals surface area contributed by atoms with Crippen LogP contribution < -0.4 is 5.32 Å². The zero-order chi connectivity index (χ0) is 11.1. The van der Waals surface area contributed by atoms with Crippen molar-refractivity contribution in [3.05, 3.63) is 0 Å². The molecule has 0 spiro atoms. The Bertz CT molecular complexity index is 154. The van der Waals surface area contributed by atoms with Crippen molar-refractivity contribution in [3.63, 3.8) is 0 Å². The van der Waals surface area contributed by atoms with E-state index in [0.29, 0.717) is 12.6 Å². The van der Waals surface area contributed by atoms with E-state index in [-0.39, 0.29) is 0 Å². The summed E-state index contributed by atoms with van der Waals surface area (Å²) in [6.45, 7) is 4.97. The van der Waals surface area contributed by atoms with E-state index in [9.17, 15) is 0 Å². The monoisotopic (exact) mass is 214 g/mol. The Hall–Kier alpha value is -0.120. The fraction of sp³-hybridized carbons (Fsp3) is 1.00. The van der Waals surface area contributed by atoms with Gasteiger partial charge in [-0.1, -0.05) is 12.8 Å². The van der Waals surface area contributed by atoms with E-state index in [1.807, 2.05) is 0 Å². The van der Waals surface area contributed by atoms with Gasteiger partial charge in [0, 0.05) is 25.2 Å². The molecule has 2 unspecified atom stereocenters. The summed E-state index contributed by atoms with van der Waals surface area (Å²) >= 11 is 0. The van der Waals surface area contributed by atoms with Crippen molar-refractivity contribution in [2.75, 3.05) is 26.7 Å². The Kier molecular flexibility index (Phi) is 6.22. The number of nitrogens with one attached hydrogen (secondary N) is 1. The quantitative estimate of drug-likeness (QED) is 0.626. The molecule has 15 heavy (non-hydrogen) atoms. The van der Waals surface area contributed by atoms with Gasteiger partial charge >= 0.3 is 0 Å². The summed E-state index contributed by atoms with van der Waals surface area (Å²) in [6.07, 6.45) is 5.90. The van der Waals surface area contributed by atoms with E-state index in [1.54, 1.807) is 0 Å². The molecule has 1 rings (SSSR count). The average molecular weight is 214 g/mol. The van der Waals surface area contributed by atoms with E-state index in [0.717, 1.165) is 19.0 Å². The first-order valence-electron chi connectivity index (χ1n) is 6.28. The van der Waals surface area contributed by atoms with Gasteiger partial charge in [-0.15, -0.1) is 0 Å². The molecular weight excluding hydrogens is 188 g/mol. The lowest BCUT2D eigenvalue weighted by Crippen LogP contribution is -2.32. The number of likely N-dealkylation sites (tertiary alicyclic amines) is 1. The summed E-state index contributed by atoms with van der Waals surface area (Å²) < 4.78 is 0. The summed E-state index contributed by atoms with van der Waals surface area (Å²) in [7, 11) is 2.20. The SMILES string of the molecule is CC1CC(NCCCCCCO)CN1C. The van der Waals surface area contributed by atoms with Crippen molar-refractivity contribution in [2.24, 2.45) is 0 Å². The number of hydrogen-bond donors (Lipinski definition) is 2. The lowest BCUT2D eigenvalue weighted by molar-refractivity contribution is 0.282. The molecule has 0 radical (unpaired) electrons. The number of unbranched alkanes of at least 4 members (excludes halogenated alkanes) is 3. The zero-order valence-electron chi connectivity index (χ0n) is 10.2. The Balaban J connectivity index is 1.92. The molecule has 3 nitrogen and oxygen atoms in total. The first-order chi connectivity index (χ1) is 7.24. The van der Waals surface area contributed by atoms with Crippen LogP contribution in [0.3, 0.4) is 0 Å². The van der Waals surface area contributed by atoms with Crippen molar-refractivity contribution >= 4 is 0 Å². The fourth-order valence-electron chi connectivity index (χ4n) is 2.24. The maximum absolute atomic E-state index is 8.63. The molecule has 1 saturated heterocycles. The van der Waals surface area contributed by atoms with Gasteiger partial charge in [0.2, 0.25) is 0 Å². The molecule has 0 bridgehead atoms. The highest BCUT2D eigenvalue weighted by atomic mass is 16.2. The number of likely N-dealkylation sites (N-methyl/N-ethyl adjacent to an activating group) is 1. The van der Waals surface area contributed by atoms with E-state index >= 15 is 0 Å². The predicted octanol–water partition coefficient (Wildman–Crippen LogP) is 1.22. The Morgan fingerprint density at radius 1 is 1.27 bits per heavy atom. The molecule has 1 heterocycles. The fourth-order valence-corrected chi connectivity index (χ4v) is 2.24. The molecule has 3 heteroatoms. The summed E-state index contributed by atoms with van der Waals surface area (Å²) in [5, 5.41) is 12.2. The van der Waals surface area contributed by atoms with Gasteiger partial charge in [-0.25, -0.2) is 0 Å².